The number of aryl methyl sites for hydroxylation is 4. The van der Waals surface area contributed by atoms with E-state index in [1.54, 1.807) is 0 Å². The molecule has 0 amide bonds. The summed E-state index contributed by atoms with van der Waals surface area (Å²) in [4.78, 5) is 0. The fourth-order valence-electron chi connectivity index (χ4n) is 8.37. The van der Waals surface area contributed by atoms with Crippen molar-refractivity contribution in [2.45, 2.75) is 85.5 Å². The quantitative estimate of drug-likeness (QED) is 0.153. The van der Waals surface area contributed by atoms with Gasteiger partial charge in [0.05, 0.1) is 0 Å². The highest BCUT2D eigenvalue weighted by atomic mass is 16.5. The van der Waals surface area contributed by atoms with Gasteiger partial charge >= 0.3 is 0 Å². The number of ether oxygens (including phenoxy) is 4. The predicted octanol–water partition coefficient (Wildman–Crippen LogP) is 7.48. The van der Waals surface area contributed by atoms with Crippen LogP contribution in [0.2, 0.25) is 0 Å². The van der Waals surface area contributed by atoms with E-state index in [-0.39, 0.29) is 13.4 Å². The first-order valence-corrected chi connectivity index (χ1v) is 18.5. The van der Waals surface area contributed by atoms with Gasteiger partial charge in [0.2, 0.25) is 0 Å². The molecule has 0 unspecified atom stereocenters. The van der Waals surface area contributed by atoms with Crippen LogP contribution in [0.1, 0.15) is 81.5 Å². The summed E-state index contributed by atoms with van der Waals surface area (Å²) < 4.78 is 28.0. The third kappa shape index (κ3) is 4.89. The first kappa shape index (κ1) is 30.5. The van der Waals surface area contributed by atoms with E-state index in [1.165, 1.54) is 38.6 Å². The molecule has 0 spiro atoms. The number of fused-ring (bicyclic) bond motifs is 10. The number of rotatable bonds is 9. The van der Waals surface area contributed by atoms with Crippen molar-refractivity contribution < 1.29 is 18.9 Å². The molecule has 0 N–H and O–H groups in total. The first-order valence-electron chi connectivity index (χ1n) is 18.5. The molecule has 0 atom stereocenters. The summed E-state index contributed by atoms with van der Waals surface area (Å²) in [6.45, 7) is 8.77. The Bertz CT molecular complexity index is 2050. The molecule has 9 rings (SSSR count). The number of hydrogen-bond acceptors (Lipinski definition) is 4. The average Bonchev–Trinajstić information content (AvgIpc) is 3.13. The third-order valence-corrected chi connectivity index (χ3v) is 10.9. The van der Waals surface area contributed by atoms with Crippen LogP contribution in [-0.2, 0) is 19.3 Å². The molecule has 0 radical (unpaired) electrons. The average molecular weight is 644 g/mol. The summed E-state index contributed by atoms with van der Waals surface area (Å²) in [5.74, 6) is 6.54. The SMILES string of the molecule is CCCCc1ccc2c(c1)B1c3cc(C)ccc3Oc3c4c5c(c(c31)O2)Oc1ccc(CCCC)cc1B5c1cc(CCCC)ccc1O4. The Morgan fingerprint density at radius 1 is 0.429 bits per heavy atom. The molecule has 6 heteroatoms. The lowest BCUT2D eigenvalue weighted by Crippen LogP contribution is -2.61. The molecule has 49 heavy (non-hydrogen) atoms. The van der Waals surface area contributed by atoms with E-state index in [2.05, 4.69) is 100 Å². The molecule has 244 valence electrons. The topological polar surface area (TPSA) is 36.9 Å². The first-order chi connectivity index (χ1) is 24.1. The van der Waals surface area contributed by atoms with Gasteiger partial charge in [-0.3, -0.25) is 0 Å². The van der Waals surface area contributed by atoms with E-state index >= 15 is 0 Å². The molecule has 0 aliphatic carbocycles. The minimum absolute atomic E-state index is 0.0647. The van der Waals surface area contributed by atoms with Gasteiger partial charge in [0.15, 0.2) is 23.0 Å². The molecule has 4 aliphatic heterocycles. The van der Waals surface area contributed by atoms with Crippen molar-refractivity contribution in [2.75, 3.05) is 0 Å². The smallest absolute Gasteiger partial charge is 0.261 e. The molecule has 0 fully saturated rings. The van der Waals surface area contributed by atoms with Crippen molar-refractivity contribution in [3.05, 3.63) is 95.1 Å². The maximum absolute atomic E-state index is 7.01. The van der Waals surface area contributed by atoms with Crippen LogP contribution in [0.15, 0.2) is 72.8 Å². The zero-order valence-electron chi connectivity index (χ0n) is 29.1. The molecule has 0 saturated heterocycles. The monoisotopic (exact) mass is 644 g/mol. The van der Waals surface area contributed by atoms with Gasteiger partial charge in [0.25, 0.3) is 13.4 Å². The Balaban J connectivity index is 1.30. The lowest BCUT2D eigenvalue weighted by molar-refractivity contribution is 0.396. The molecular weight excluding hydrogens is 602 g/mol. The molecule has 5 aromatic rings. The summed E-state index contributed by atoms with van der Waals surface area (Å²) in [6, 6.07) is 26.9. The summed E-state index contributed by atoms with van der Waals surface area (Å²) in [5.41, 5.74) is 11.9. The summed E-state index contributed by atoms with van der Waals surface area (Å²) >= 11 is 0. The molecule has 0 saturated carbocycles. The van der Waals surface area contributed by atoms with Gasteiger partial charge in [-0.1, -0.05) is 94.1 Å². The standard InChI is InChI=1S/C43H42B2O4/c1-5-8-11-27-15-19-35-31(23-27)44-30-22-26(4)14-18-34(30)46-40-38(44)41(47-35)43-39-42(40)48-36-20-16-28(12-9-6-2)24-32(36)45(39)33-25-29(13-10-7-3)17-21-37(33)49-43/h14-25H,5-13H2,1-4H3. The molecule has 4 aliphatic rings. The number of benzene rings is 5. The third-order valence-electron chi connectivity index (χ3n) is 10.9. The fraction of sp³-hybridized carbons (Fsp3) is 0.302. The Morgan fingerprint density at radius 3 is 1.10 bits per heavy atom. The van der Waals surface area contributed by atoms with Gasteiger partial charge in [-0.25, -0.2) is 0 Å². The van der Waals surface area contributed by atoms with Crippen LogP contribution in [0, 0.1) is 6.92 Å². The van der Waals surface area contributed by atoms with E-state index < -0.39 is 0 Å². The van der Waals surface area contributed by atoms with Crippen LogP contribution in [0.25, 0.3) is 0 Å². The highest BCUT2D eigenvalue weighted by Gasteiger charge is 2.50. The predicted molar refractivity (Wildman–Crippen MR) is 202 cm³/mol. The second kappa shape index (κ2) is 12.1. The lowest BCUT2D eigenvalue weighted by Gasteiger charge is -2.40. The minimum Gasteiger partial charge on any atom is -0.454 e. The molecule has 4 nitrogen and oxygen atoms in total. The zero-order chi connectivity index (χ0) is 33.2. The maximum Gasteiger partial charge on any atom is 0.261 e. The van der Waals surface area contributed by atoms with Crippen molar-refractivity contribution in [3.8, 4) is 46.0 Å². The van der Waals surface area contributed by atoms with E-state index in [9.17, 15) is 0 Å². The number of hydrogen-bond donors (Lipinski definition) is 0. The van der Waals surface area contributed by atoms with Gasteiger partial charge in [0, 0.05) is 10.9 Å². The van der Waals surface area contributed by atoms with Crippen molar-refractivity contribution in [2.24, 2.45) is 0 Å². The Morgan fingerprint density at radius 2 is 0.755 bits per heavy atom. The van der Waals surface area contributed by atoms with Gasteiger partial charge in [-0.15, -0.1) is 0 Å². The normalized spacial score (nSPS) is 13.8. The van der Waals surface area contributed by atoms with E-state index in [1.807, 2.05) is 0 Å². The fourth-order valence-corrected chi connectivity index (χ4v) is 8.37. The maximum atomic E-state index is 7.01. The summed E-state index contributed by atoms with van der Waals surface area (Å²) in [7, 11) is 0. The van der Waals surface area contributed by atoms with Crippen molar-refractivity contribution in [1.29, 1.82) is 0 Å². The minimum atomic E-state index is -0.0678. The van der Waals surface area contributed by atoms with Gasteiger partial charge in [0.1, 0.15) is 23.0 Å². The summed E-state index contributed by atoms with van der Waals surface area (Å²) in [5, 5.41) is 0. The summed E-state index contributed by atoms with van der Waals surface area (Å²) in [6.07, 6.45) is 10.1. The van der Waals surface area contributed by atoms with E-state index in [4.69, 9.17) is 18.9 Å². The van der Waals surface area contributed by atoms with Gasteiger partial charge < -0.3 is 18.9 Å². The molecule has 4 heterocycles. The van der Waals surface area contributed by atoms with Crippen LogP contribution in [0.4, 0.5) is 0 Å². The molecule has 5 aromatic carbocycles. The van der Waals surface area contributed by atoms with E-state index in [0.29, 0.717) is 0 Å². The van der Waals surface area contributed by atoms with Crippen LogP contribution in [-0.4, -0.2) is 13.4 Å². The van der Waals surface area contributed by atoms with Crippen molar-refractivity contribution in [1.82, 2.24) is 0 Å². The second-order valence-electron chi connectivity index (χ2n) is 14.4. The van der Waals surface area contributed by atoms with E-state index in [0.717, 1.165) is 120 Å². The van der Waals surface area contributed by atoms with Crippen molar-refractivity contribution in [3.63, 3.8) is 0 Å². The second-order valence-corrected chi connectivity index (χ2v) is 14.4. The van der Waals surface area contributed by atoms with Gasteiger partial charge in [-0.05, 0) is 108 Å². The lowest BCUT2D eigenvalue weighted by atomic mass is 9.32. The van der Waals surface area contributed by atoms with Crippen LogP contribution < -0.4 is 51.7 Å². The molecular formula is C43H42B2O4. The highest BCUT2D eigenvalue weighted by Crippen LogP contribution is 2.49. The molecule has 0 aromatic heterocycles. The van der Waals surface area contributed by atoms with Crippen molar-refractivity contribution >= 4 is 46.2 Å². The van der Waals surface area contributed by atoms with Crippen LogP contribution in [0.5, 0.6) is 46.0 Å². The van der Waals surface area contributed by atoms with Gasteiger partial charge in [-0.2, -0.15) is 0 Å². The Kier molecular flexibility index (Phi) is 7.52. The molecule has 0 bridgehead atoms. The number of unbranched alkanes of at least 4 members (excludes halogenated alkanes) is 3. The Labute approximate surface area is 290 Å². The van der Waals surface area contributed by atoms with Crippen LogP contribution >= 0.6 is 0 Å². The highest BCUT2D eigenvalue weighted by molar-refractivity contribution is 7.00. The largest absolute Gasteiger partial charge is 0.454 e. The Hall–Kier alpha value is -4.57. The zero-order valence-corrected chi connectivity index (χ0v) is 29.1. The van der Waals surface area contributed by atoms with Crippen LogP contribution in [0.3, 0.4) is 0 Å².